The zero-order chi connectivity index (χ0) is 13.1. The first-order valence-electron chi connectivity index (χ1n) is 5.74. The van der Waals surface area contributed by atoms with Crippen LogP contribution in [0.25, 0.3) is 0 Å². The molecule has 96 valence electrons. The monoisotopic (exact) mass is 268 g/mol. The van der Waals surface area contributed by atoms with E-state index in [-0.39, 0.29) is 5.02 Å². The van der Waals surface area contributed by atoms with E-state index < -0.39 is 11.9 Å². The average Bonchev–Trinajstić information content (AvgIpc) is 2.75. The van der Waals surface area contributed by atoms with Crippen molar-refractivity contribution in [1.82, 2.24) is 9.55 Å². The summed E-state index contributed by atoms with van der Waals surface area (Å²) in [6.07, 6.45) is 3.05. The summed E-state index contributed by atoms with van der Waals surface area (Å²) in [7, 11) is 0. The lowest BCUT2D eigenvalue weighted by Crippen LogP contribution is -2.08. The minimum Gasteiger partial charge on any atom is -0.388 e. The molecule has 0 saturated heterocycles. The van der Waals surface area contributed by atoms with Gasteiger partial charge in [-0.1, -0.05) is 11.6 Å². The van der Waals surface area contributed by atoms with Crippen molar-refractivity contribution >= 4 is 11.6 Å². The van der Waals surface area contributed by atoms with E-state index in [1.807, 2.05) is 17.7 Å². The maximum Gasteiger partial charge on any atom is 0.125 e. The summed E-state index contributed by atoms with van der Waals surface area (Å²) in [6.45, 7) is 2.78. The van der Waals surface area contributed by atoms with Crippen molar-refractivity contribution in [1.29, 1.82) is 0 Å². The van der Waals surface area contributed by atoms with Crippen molar-refractivity contribution in [3.05, 3.63) is 52.8 Å². The number of imidazole rings is 1. The molecule has 3 nitrogen and oxygen atoms in total. The third-order valence-electron chi connectivity index (χ3n) is 2.79. The lowest BCUT2D eigenvalue weighted by molar-refractivity contribution is 0.174. The van der Waals surface area contributed by atoms with Crippen LogP contribution in [0.5, 0.6) is 0 Å². The molecule has 1 aromatic heterocycles. The van der Waals surface area contributed by atoms with E-state index in [0.29, 0.717) is 12.0 Å². The molecule has 18 heavy (non-hydrogen) atoms. The molecule has 0 saturated carbocycles. The third-order valence-corrected chi connectivity index (χ3v) is 3.01. The van der Waals surface area contributed by atoms with Crippen LogP contribution in [0.15, 0.2) is 30.6 Å². The normalized spacial score (nSPS) is 12.7. The van der Waals surface area contributed by atoms with Crippen molar-refractivity contribution in [2.24, 2.45) is 0 Å². The quantitative estimate of drug-likeness (QED) is 0.926. The Morgan fingerprint density at radius 2 is 2.22 bits per heavy atom. The second kappa shape index (κ2) is 5.50. The lowest BCUT2D eigenvalue weighted by atomic mass is 10.1. The Bertz CT molecular complexity index is 521. The molecule has 5 heteroatoms. The molecule has 0 radical (unpaired) electrons. The van der Waals surface area contributed by atoms with E-state index in [4.69, 9.17) is 11.6 Å². The fourth-order valence-electron chi connectivity index (χ4n) is 1.88. The van der Waals surface area contributed by atoms with Crippen LogP contribution in [0.4, 0.5) is 4.39 Å². The first-order chi connectivity index (χ1) is 8.60. The van der Waals surface area contributed by atoms with Gasteiger partial charge in [-0.05, 0) is 30.7 Å². The summed E-state index contributed by atoms with van der Waals surface area (Å²) >= 11 is 5.76. The van der Waals surface area contributed by atoms with Gasteiger partial charge in [0, 0.05) is 30.4 Å². The highest BCUT2D eigenvalue weighted by Crippen LogP contribution is 2.22. The fourth-order valence-corrected chi connectivity index (χ4v) is 2.11. The van der Waals surface area contributed by atoms with Crippen LogP contribution in [-0.4, -0.2) is 14.7 Å². The molecule has 0 aliphatic heterocycles. The first kappa shape index (κ1) is 13.1. The topological polar surface area (TPSA) is 38.0 Å². The highest BCUT2D eigenvalue weighted by molar-refractivity contribution is 6.30. The molecule has 0 bridgehead atoms. The van der Waals surface area contributed by atoms with E-state index in [0.717, 1.165) is 12.4 Å². The molecule has 2 rings (SSSR count). The van der Waals surface area contributed by atoms with Crippen molar-refractivity contribution in [3.63, 3.8) is 0 Å². The number of benzene rings is 1. The Balaban J connectivity index is 2.19. The van der Waals surface area contributed by atoms with Gasteiger partial charge in [-0.2, -0.15) is 0 Å². The van der Waals surface area contributed by atoms with Crippen molar-refractivity contribution in [2.75, 3.05) is 0 Å². The van der Waals surface area contributed by atoms with Crippen molar-refractivity contribution in [2.45, 2.75) is 26.0 Å². The third kappa shape index (κ3) is 2.89. The molecule has 1 N–H and O–H groups in total. The molecular formula is C13H14ClFN2O. The Kier molecular flexibility index (Phi) is 3.99. The van der Waals surface area contributed by atoms with Crippen LogP contribution in [0.3, 0.4) is 0 Å². The molecular weight excluding hydrogens is 255 g/mol. The van der Waals surface area contributed by atoms with Gasteiger partial charge in [0.2, 0.25) is 0 Å². The predicted molar refractivity (Wildman–Crippen MR) is 68.0 cm³/mol. The Morgan fingerprint density at radius 3 is 2.89 bits per heavy atom. The average molecular weight is 269 g/mol. The van der Waals surface area contributed by atoms with Crippen LogP contribution < -0.4 is 0 Å². The van der Waals surface area contributed by atoms with Gasteiger partial charge < -0.3 is 9.67 Å². The van der Waals surface area contributed by atoms with Gasteiger partial charge in [0.15, 0.2) is 0 Å². The number of aliphatic hydroxyl groups is 1. The number of nitrogens with zero attached hydrogens (tertiary/aromatic N) is 2. The summed E-state index contributed by atoms with van der Waals surface area (Å²) in [6, 6.07) is 4.06. The Hall–Kier alpha value is -1.39. The first-order valence-corrected chi connectivity index (χ1v) is 6.12. The van der Waals surface area contributed by atoms with Gasteiger partial charge in [-0.15, -0.1) is 0 Å². The minimum atomic E-state index is -0.814. The van der Waals surface area contributed by atoms with Crippen LogP contribution in [0, 0.1) is 5.82 Å². The summed E-state index contributed by atoms with van der Waals surface area (Å²) < 4.78 is 15.1. The van der Waals surface area contributed by atoms with E-state index >= 15 is 0 Å². The standard InChI is InChI=1S/C13H14ClFN2O/c1-2-17-4-3-16-13(17)8-12(18)9-5-10(14)7-11(15)6-9/h3-7,12,18H,2,8H2,1H3. The summed E-state index contributed by atoms with van der Waals surface area (Å²) in [5.41, 5.74) is 0.464. The van der Waals surface area contributed by atoms with Crippen LogP contribution in [0.2, 0.25) is 5.02 Å². The summed E-state index contributed by atoms with van der Waals surface area (Å²) in [5.74, 6) is 0.320. The maximum absolute atomic E-state index is 13.2. The largest absolute Gasteiger partial charge is 0.388 e. The Labute approximate surface area is 110 Å². The fraction of sp³-hybridized carbons (Fsp3) is 0.308. The molecule has 1 heterocycles. The highest BCUT2D eigenvalue weighted by atomic mass is 35.5. The number of rotatable bonds is 4. The minimum absolute atomic E-state index is 0.280. The van der Waals surface area contributed by atoms with Gasteiger partial charge >= 0.3 is 0 Å². The van der Waals surface area contributed by atoms with E-state index in [1.54, 1.807) is 12.3 Å². The van der Waals surface area contributed by atoms with Gasteiger partial charge in [0.25, 0.3) is 0 Å². The molecule has 1 unspecified atom stereocenters. The van der Waals surface area contributed by atoms with Crippen LogP contribution in [-0.2, 0) is 13.0 Å². The number of aryl methyl sites for hydroxylation is 1. The number of hydrogen-bond donors (Lipinski definition) is 1. The molecule has 1 aromatic carbocycles. The molecule has 1 atom stereocenters. The maximum atomic E-state index is 13.2. The SMILES string of the molecule is CCn1ccnc1CC(O)c1cc(F)cc(Cl)c1. The highest BCUT2D eigenvalue weighted by Gasteiger charge is 2.13. The molecule has 0 spiro atoms. The van der Waals surface area contributed by atoms with Crippen LogP contribution in [0.1, 0.15) is 24.4 Å². The second-order valence-electron chi connectivity index (χ2n) is 4.05. The molecule has 0 aliphatic carbocycles. The number of hydrogen-bond acceptors (Lipinski definition) is 2. The van der Waals surface area contributed by atoms with Crippen molar-refractivity contribution in [3.8, 4) is 0 Å². The number of halogens is 2. The smallest absolute Gasteiger partial charge is 0.125 e. The van der Waals surface area contributed by atoms with E-state index in [1.165, 1.54) is 12.1 Å². The molecule has 2 aromatic rings. The van der Waals surface area contributed by atoms with E-state index in [2.05, 4.69) is 4.98 Å². The van der Waals surface area contributed by atoms with E-state index in [9.17, 15) is 9.50 Å². The summed E-state index contributed by atoms with van der Waals surface area (Å²) in [4.78, 5) is 4.17. The molecule has 0 amide bonds. The van der Waals surface area contributed by atoms with Gasteiger partial charge in [0.05, 0.1) is 6.10 Å². The van der Waals surface area contributed by atoms with Gasteiger partial charge in [0.1, 0.15) is 11.6 Å². The van der Waals surface area contributed by atoms with Gasteiger partial charge in [-0.3, -0.25) is 0 Å². The van der Waals surface area contributed by atoms with Crippen LogP contribution >= 0.6 is 11.6 Å². The van der Waals surface area contributed by atoms with Crippen molar-refractivity contribution < 1.29 is 9.50 Å². The number of aliphatic hydroxyl groups excluding tert-OH is 1. The lowest BCUT2D eigenvalue weighted by Gasteiger charge is -2.12. The predicted octanol–water partition coefficient (Wildman–Crippen LogP) is 2.97. The number of aromatic nitrogens is 2. The van der Waals surface area contributed by atoms with Gasteiger partial charge in [-0.25, -0.2) is 9.37 Å². The molecule has 0 fully saturated rings. The second-order valence-corrected chi connectivity index (χ2v) is 4.49. The zero-order valence-electron chi connectivity index (χ0n) is 9.98. The zero-order valence-corrected chi connectivity index (χ0v) is 10.7. The summed E-state index contributed by atoms with van der Waals surface area (Å²) in [5, 5.41) is 10.4. The molecule has 0 aliphatic rings. The Morgan fingerprint density at radius 1 is 1.44 bits per heavy atom.